The lowest BCUT2D eigenvalue weighted by Crippen LogP contribution is -2.10. The van der Waals surface area contributed by atoms with Crippen LogP contribution in [-0.2, 0) is 0 Å². The van der Waals surface area contributed by atoms with E-state index in [0.29, 0.717) is 5.92 Å². The molecule has 3 heteroatoms. The molecule has 0 amide bonds. The van der Waals surface area contributed by atoms with Crippen LogP contribution in [0.2, 0.25) is 0 Å². The minimum Gasteiger partial charge on any atom is -0.316 e. The SMILES string of the molecule is Cc1nc2c(C)cccn2c1C1CCNC1. The van der Waals surface area contributed by atoms with E-state index in [4.69, 9.17) is 4.98 Å². The molecule has 0 aliphatic carbocycles. The first-order chi connectivity index (χ1) is 7.77. The topological polar surface area (TPSA) is 29.3 Å². The Labute approximate surface area is 95.5 Å². The lowest BCUT2D eigenvalue weighted by atomic mass is 10.0. The first-order valence-electron chi connectivity index (χ1n) is 5.92. The Bertz CT molecular complexity index is 521. The molecule has 16 heavy (non-hydrogen) atoms. The minimum atomic E-state index is 0.622. The summed E-state index contributed by atoms with van der Waals surface area (Å²) in [5.41, 5.74) is 4.94. The summed E-state index contributed by atoms with van der Waals surface area (Å²) in [5.74, 6) is 0.622. The third-order valence-electron chi connectivity index (χ3n) is 3.51. The van der Waals surface area contributed by atoms with Gasteiger partial charge in [-0.05, 0) is 38.4 Å². The van der Waals surface area contributed by atoms with E-state index in [9.17, 15) is 0 Å². The number of nitrogens with one attached hydrogen (secondary N) is 1. The first kappa shape index (κ1) is 9.85. The van der Waals surface area contributed by atoms with Crippen molar-refractivity contribution >= 4 is 5.65 Å². The number of pyridine rings is 1. The molecule has 1 saturated heterocycles. The van der Waals surface area contributed by atoms with Crippen molar-refractivity contribution in [2.45, 2.75) is 26.2 Å². The van der Waals surface area contributed by atoms with Gasteiger partial charge in [-0.15, -0.1) is 0 Å². The maximum absolute atomic E-state index is 4.69. The molecule has 1 aliphatic heterocycles. The lowest BCUT2D eigenvalue weighted by molar-refractivity contribution is 0.719. The number of hydrogen-bond acceptors (Lipinski definition) is 2. The van der Waals surface area contributed by atoms with Crippen LogP contribution in [0.3, 0.4) is 0 Å². The number of fused-ring (bicyclic) bond motifs is 1. The van der Waals surface area contributed by atoms with Crippen molar-refractivity contribution in [3.8, 4) is 0 Å². The molecule has 0 radical (unpaired) electrons. The van der Waals surface area contributed by atoms with Crippen LogP contribution in [0.15, 0.2) is 18.3 Å². The fourth-order valence-electron chi connectivity index (χ4n) is 2.72. The predicted molar refractivity (Wildman–Crippen MR) is 64.9 cm³/mol. The van der Waals surface area contributed by atoms with Crippen LogP contribution >= 0.6 is 0 Å². The molecule has 0 saturated carbocycles. The van der Waals surface area contributed by atoms with E-state index >= 15 is 0 Å². The predicted octanol–water partition coefficient (Wildman–Crippen LogP) is 2.03. The Balaban J connectivity index is 2.22. The lowest BCUT2D eigenvalue weighted by Gasteiger charge is -2.09. The zero-order valence-corrected chi connectivity index (χ0v) is 9.83. The van der Waals surface area contributed by atoms with E-state index in [2.05, 4.69) is 41.9 Å². The summed E-state index contributed by atoms with van der Waals surface area (Å²) in [5, 5.41) is 3.43. The molecule has 3 heterocycles. The highest BCUT2D eigenvalue weighted by atomic mass is 15.0. The number of aromatic nitrogens is 2. The smallest absolute Gasteiger partial charge is 0.140 e. The molecule has 3 nitrogen and oxygen atoms in total. The fourth-order valence-corrected chi connectivity index (χ4v) is 2.72. The number of nitrogens with zero attached hydrogens (tertiary/aromatic N) is 2. The van der Waals surface area contributed by atoms with Gasteiger partial charge in [-0.25, -0.2) is 4.98 Å². The monoisotopic (exact) mass is 215 g/mol. The normalized spacial score (nSPS) is 20.8. The zero-order valence-electron chi connectivity index (χ0n) is 9.83. The molecular formula is C13H17N3. The van der Waals surface area contributed by atoms with Crippen molar-refractivity contribution in [2.75, 3.05) is 13.1 Å². The van der Waals surface area contributed by atoms with Crippen molar-refractivity contribution in [3.05, 3.63) is 35.3 Å². The number of hydrogen-bond donors (Lipinski definition) is 1. The summed E-state index contributed by atoms with van der Waals surface area (Å²) in [6.45, 7) is 6.46. The van der Waals surface area contributed by atoms with Gasteiger partial charge in [0, 0.05) is 24.4 Å². The summed E-state index contributed by atoms with van der Waals surface area (Å²) in [4.78, 5) is 4.69. The number of aryl methyl sites for hydroxylation is 2. The van der Waals surface area contributed by atoms with Crippen LogP contribution in [-0.4, -0.2) is 22.5 Å². The van der Waals surface area contributed by atoms with Gasteiger partial charge in [-0.2, -0.15) is 0 Å². The van der Waals surface area contributed by atoms with Crippen LogP contribution in [0.4, 0.5) is 0 Å². The summed E-state index contributed by atoms with van der Waals surface area (Å²) < 4.78 is 2.27. The molecule has 1 atom stereocenters. The van der Waals surface area contributed by atoms with Gasteiger partial charge in [0.15, 0.2) is 0 Å². The third-order valence-corrected chi connectivity index (χ3v) is 3.51. The summed E-state index contributed by atoms with van der Waals surface area (Å²) in [6.07, 6.45) is 3.36. The third kappa shape index (κ3) is 1.35. The molecule has 0 spiro atoms. The van der Waals surface area contributed by atoms with E-state index in [1.165, 1.54) is 23.4 Å². The average molecular weight is 215 g/mol. The van der Waals surface area contributed by atoms with Gasteiger partial charge in [0.05, 0.1) is 5.69 Å². The van der Waals surface area contributed by atoms with Gasteiger partial charge in [-0.1, -0.05) is 6.07 Å². The summed E-state index contributed by atoms with van der Waals surface area (Å²) >= 11 is 0. The molecule has 1 unspecified atom stereocenters. The van der Waals surface area contributed by atoms with Crippen molar-refractivity contribution in [3.63, 3.8) is 0 Å². The highest BCUT2D eigenvalue weighted by molar-refractivity contribution is 5.50. The van der Waals surface area contributed by atoms with Gasteiger partial charge in [0.25, 0.3) is 0 Å². The average Bonchev–Trinajstić information content (AvgIpc) is 2.85. The largest absolute Gasteiger partial charge is 0.316 e. The maximum atomic E-state index is 4.69. The molecule has 84 valence electrons. The Morgan fingerprint density at radius 1 is 1.44 bits per heavy atom. The minimum absolute atomic E-state index is 0.622. The molecule has 2 aromatic heterocycles. The highest BCUT2D eigenvalue weighted by Crippen LogP contribution is 2.27. The second-order valence-electron chi connectivity index (χ2n) is 4.66. The second kappa shape index (κ2) is 3.59. The molecular weight excluding hydrogens is 198 g/mol. The Kier molecular flexibility index (Phi) is 2.21. The van der Waals surface area contributed by atoms with Gasteiger partial charge >= 0.3 is 0 Å². The van der Waals surface area contributed by atoms with Gasteiger partial charge < -0.3 is 9.72 Å². The summed E-state index contributed by atoms with van der Waals surface area (Å²) in [7, 11) is 0. The second-order valence-corrected chi connectivity index (χ2v) is 4.66. The standard InChI is InChI=1S/C13H17N3/c1-9-4-3-7-16-12(10(2)15-13(9)16)11-5-6-14-8-11/h3-4,7,11,14H,5-6,8H2,1-2H3. The molecule has 1 N–H and O–H groups in total. The van der Waals surface area contributed by atoms with Gasteiger partial charge in [0.2, 0.25) is 0 Å². The summed E-state index contributed by atoms with van der Waals surface area (Å²) in [6, 6.07) is 4.23. The van der Waals surface area contributed by atoms with E-state index in [-0.39, 0.29) is 0 Å². The van der Waals surface area contributed by atoms with E-state index in [1.807, 2.05) is 0 Å². The van der Waals surface area contributed by atoms with Crippen molar-refractivity contribution in [1.82, 2.24) is 14.7 Å². The maximum Gasteiger partial charge on any atom is 0.140 e. The van der Waals surface area contributed by atoms with Gasteiger partial charge in [0.1, 0.15) is 5.65 Å². The van der Waals surface area contributed by atoms with Crippen molar-refractivity contribution < 1.29 is 0 Å². The Hall–Kier alpha value is -1.35. The van der Waals surface area contributed by atoms with Crippen LogP contribution in [0, 0.1) is 13.8 Å². The van der Waals surface area contributed by atoms with Crippen molar-refractivity contribution in [2.24, 2.45) is 0 Å². The van der Waals surface area contributed by atoms with E-state index in [0.717, 1.165) is 18.7 Å². The van der Waals surface area contributed by atoms with Crippen LogP contribution in [0.25, 0.3) is 5.65 Å². The Morgan fingerprint density at radius 3 is 3.06 bits per heavy atom. The Morgan fingerprint density at radius 2 is 2.31 bits per heavy atom. The molecule has 1 aliphatic rings. The van der Waals surface area contributed by atoms with Crippen LogP contribution < -0.4 is 5.32 Å². The molecule has 3 rings (SSSR count). The molecule has 2 aromatic rings. The molecule has 0 aromatic carbocycles. The van der Waals surface area contributed by atoms with Crippen LogP contribution in [0.5, 0.6) is 0 Å². The van der Waals surface area contributed by atoms with Crippen molar-refractivity contribution in [1.29, 1.82) is 0 Å². The number of rotatable bonds is 1. The zero-order chi connectivity index (χ0) is 11.1. The van der Waals surface area contributed by atoms with Crippen LogP contribution in [0.1, 0.15) is 29.3 Å². The quantitative estimate of drug-likeness (QED) is 0.788. The highest BCUT2D eigenvalue weighted by Gasteiger charge is 2.22. The first-order valence-corrected chi connectivity index (χ1v) is 5.92. The van der Waals surface area contributed by atoms with E-state index < -0.39 is 0 Å². The number of imidazole rings is 1. The molecule has 1 fully saturated rings. The fraction of sp³-hybridized carbons (Fsp3) is 0.462. The van der Waals surface area contributed by atoms with Gasteiger partial charge in [-0.3, -0.25) is 0 Å². The molecule has 0 bridgehead atoms. The van der Waals surface area contributed by atoms with E-state index in [1.54, 1.807) is 0 Å².